The summed E-state index contributed by atoms with van der Waals surface area (Å²) < 4.78 is 11.7. The molecule has 15 heavy (non-hydrogen) atoms. The van der Waals surface area contributed by atoms with Crippen LogP contribution in [0.3, 0.4) is 0 Å². The number of benzene rings is 1. The SMILES string of the molecule is C=C(C)CS(=O)c1ccc(NC=O)cc1. The van der Waals surface area contributed by atoms with Gasteiger partial charge in [0.05, 0.1) is 10.8 Å². The maximum Gasteiger partial charge on any atom is 0.211 e. The third-order valence-electron chi connectivity index (χ3n) is 1.72. The molecule has 0 aliphatic heterocycles. The number of carbonyl (C=O) groups is 1. The molecule has 4 heteroatoms. The van der Waals surface area contributed by atoms with Crippen LogP contribution in [0, 0.1) is 0 Å². The Morgan fingerprint density at radius 3 is 2.53 bits per heavy atom. The molecule has 3 nitrogen and oxygen atoms in total. The average Bonchev–Trinajstić information content (AvgIpc) is 2.18. The van der Waals surface area contributed by atoms with E-state index < -0.39 is 10.8 Å². The maximum atomic E-state index is 11.7. The van der Waals surface area contributed by atoms with Gasteiger partial charge in [-0.1, -0.05) is 12.2 Å². The molecule has 1 N–H and O–H groups in total. The topological polar surface area (TPSA) is 46.2 Å². The predicted octanol–water partition coefficient (Wildman–Crippen LogP) is 1.94. The van der Waals surface area contributed by atoms with E-state index in [-0.39, 0.29) is 0 Å². The zero-order valence-corrected chi connectivity index (χ0v) is 9.34. The van der Waals surface area contributed by atoms with Gasteiger partial charge in [-0.05, 0) is 31.2 Å². The lowest BCUT2D eigenvalue weighted by Gasteiger charge is -2.03. The first-order valence-corrected chi connectivity index (χ1v) is 5.78. The molecule has 0 fully saturated rings. The van der Waals surface area contributed by atoms with Crippen LogP contribution in [0.1, 0.15) is 6.92 Å². The van der Waals surface area contributed by atoms with Crippen LogP contribution in [-0.2, 0) is 15.6 Å². The highest BCUT2D eigenvalue weighted by Gasteiger charge is 2.03. The minimum Gasteiger partial charge on any atom is -0.329 e. The van der Waals surface area contributed by atoms with Crippen LogP contribution in [-0.4, -0.2) is 16.4 Å². The Balaban J connectivity index is 2.75. The van der Waals surface area contributed by atoms with E-state index in [1.807, 2.05) is 6.92 Å². The minimum absolute atomic E-state index is 0.473. The first-order chi connectivity index (χ1) is 7.13. The Labute approximate surface area is 91.7 Å². The number of nitrogens with one attached hydrogen (secondary N) is 1. The van der Waals surface area contributed by atoms with E-state index >= 15 is 0 Å². The van der Waals surface area contributed by atoms with Gasteiger partial charge in [0.1, 0.15) is 0 Å². The van der Waals surface area contributed by atoms with Gasteiger partial charge in [0.15, 0.2) is 0 Å². The molecule has 0 bridgehead atoms. The first kappa shape index (κ1) is 11.7. The Morgan fingerprint density at radius 1 is 1.47 bits per heavy atom. The van der Waals surface area contributed by atoms with Crippen molar-refractivity contribution in [2.75, 3.05) is 11.1 Å². The summed E-state index contributed by atoms with van der Waals surface area (Å²) in [6.07, 6.45) is 0.611. The summed E-state index contributed by atoms with van der Waals surface area (Å²) in [5.74, 6) is 0.473. The average molecular weight is 223 g/mol. The summed E-state index contributed by atoms with van der Waals surface area (Å²) in [7, 11) is -1.04. The van der Waals surface area contributed by atoms with E-state index in [1.54, 1.807) is 24.3 Å². The van der Waals surface area contributed by atoms with Crippen LogP contribution in [0.4, 0.5) is 5.69 Å². The molecule has 0 heterocycles. The maximum absolute atomic E-state index is 11.7. The number of rotatable bonds is 5. The molecule has 0 radical (unpaired) electrons. The summed E-state index contributed by atoms with van der Waals surface area (Å²) >= 11 is 0. The van der Waals surface area contributed by atoms with Crippen LogP contribution < -0.4 is 5.32 Å². The Bertz CT molecular complexity index is 384. The van der Waals surface area contributed by atoms with Crippen molar-refractivity contribution in [3.63, 3.8) is 0 Å². The van der Waals surface area contributed by atoms with Crippen LogP contribution in [0.15, 0.2) is 41.3 Å². The zero-order valence-electron chi connectivity index (χ0n) is 8.53. The van der Waals surface area contributed by atoms with Crippen molar-refractivity contribution in [1.82, 2.24) is 0 Å². The van der Waals surface area contributed by atoms with E-state index in [0.29, 0.717) is 17.9 Å². The second-order valence-electron chi connectivity index (χ2n) is 3.23. The number of hydrogen-bond acceptors (Lipinski definition) is 2. The number of anilines is 1. The normalized spacial score (nSPS) is 11.8. The lowest BCUT2D eigenvalue weighted by molar-refractivity contribution is -0.105. The number of carbonyl (C=O) groups excluding carboxylic acids is 1. The molecule has 0 spiro atoms. The van der Waals surface area contributed by atoms with Crippen molar-refractivity contribution in [3.05, 3.63) is 36.4 Å². The van der Waals surface area contributed by atoms with Crippen molar-refractivity contribution in [2.45, 2.75) is 11.8 Å². The molecule has 0 aliphatic carbocycles. The van der Waals surface area contributed by atoms with Crippen molar-refractivity contribution in [2.24, 2.45) is 0 Å². The Hall–Kier alpha value is -1.42. The van der Waals surface area contributed by atoms with E-state index in [0.717, 1.165) is 10.5 Å². The molecule has 1 aromatic carbocycles. The van der Waals surface area contributed by atoms with Gasteiger partial charge in [-0.2, -0.15) is 0 Å². The predicted molar refractivity (Wildman–Crippen MR) is 62.2 cm³/mol. The molecular weight excluding hydrogens is 210 g/mol. The van der Waals surface area contributed by atoms with Gasteiger partial charge in [-0.15, -0.1) is 0 Å². The first-order valence-electron chi connectivity index (χ1n) is 4.46. The highest BCUT2D eigenvalue weighted by molar-refractivity contribution is 7.85. The summed E-state index contributed by atoms with van der Waals surface area (Å²) in [6, 6.07) is 6.93. The highest BCUT2D eigenvalue weighted by Crippen LogP contribution is 2.13. The van der Waals surface area contributed by atoms with Gasteiger partial charge in [-0.25, -0.2) is 0 Å². The standard InChI is InChI=1S/C11H13NO2S/c1-9(2)7-15(14)11-5-3-10(4-6-11)12-8-13/h3-6,8H,1,7H2,2H3,(H,12,13). The second-order valence-corrected chi connectivity index (χ2v) is 4.68. The third kappa shape index (κ3) is 3.67. The molecule has 0 saturated heterocycles. The molecule has 0 saturated carbocycles. The van der Waals surface area contributed by atoms with E-state index in [9.17, 15) is 9.00 Å². The summed E-state index contributed by atoms with van der Waals surface area (Å²) in [4.78, 5) is 10.9. The Kier molecular flexibility index (Phi) is 4.24. The van der Waals surface area contributed by atoms with Gasteiger partial charge >= 0.3 is 0 Å². The molecule has 0 aromatic heterocycles. The van der Waals surface area contributed by atoms with Crippen LogP contribution in [0.5, 0.6) is 0 Å². The number of hydrogen-bond donors (Lipinski definition) is 1. The van der Waals surface area contributed by atoms with Crippen molar-refractivity contribution in [3.8, 4) is 0 Å². The molecule has 1 atom stereocenters. The molecule has 1 unspecified atom stereocenters. The van der Waals surface area contributed by atoms with E-state index in [4.69, 9.17) is 0 Å². The van der Waals surface area contributed by atoms with Crippen LogP contribution in [0.25, 0.3) is 0 Å². The number of amides is 1. The van der Waals surface area contributed by atoms with Crippen molar-refractivity contribution in [1.29, 1.82) is 0 Å². The molecule has 1 amide bonds. The smallest absolute Gasteiger partial charge is 0.211 e. The van der Waals surface area contributed by atoms with Crippen LogP contribution >= 0.6 is 0 Å². The monoisotopic (exact) mass is 223 g/mol. The van der Waals surface area contributed by atoms with E-state index in [1.165, 1.54) is 0 Å². The van der Waals surface area contributed by atoms with Crippen LogP contribution in [0.2, 0.25) is 0 Å². The summed E-state index contributed by atoms with van der Waals surface area (Å²) in [5.41, 5.74) is 1.59. The molecule has 0 aliphatic rings. The molecule has 80 valence electrons. The zero-order chi connectivity index (χ0) is 11.3. The van der Waals surface area contributed by atoms with Crippen molar-refractivity contribution < 1.29 is 9.00 Å². The third-order valence-corrected chi connectivity index (χ3v) is 3.27. The van der Waals surface area contributed by atoms with Gasteiger partial charge < -0.3 is 5.32 Å². The van der Waals surface area contributed by atoms with Gasteiger partial charge in [-0.3, -0.25) is 9.00 Å². The van der Waals surface area contributed by atoms with Gasteiger partial charge in [0, 0.05) is 16.3 Å². The fourth-order valence-corrected chi connectivity index (χ4v) is 2.13. The summed E-state index contributed by atoms with van der Waals surface area (Å²) in [6.45, 7) is 5.56. The highest BCUT2D eigenvalue weighted by atomic mass is 32.2. The largest absolute Gasteiger partial charge is 0.329 e. The van der Waals surface area contributed by atoms with Gasteiger partial charge in [0.25, 0.3) is 0 Å². The lowest BCUT2D eigenvalue weighted by Crippen LogP contribution is -1.99. The lowest BCUT2D eigenvalue weighted by atomic mass is 10.3. The van der Waals surface area contributed by atoms with Crippen molar-refractivity contribution >= 4 is 22.9 Å². The summed E-state index contributed by atoms with van der Waals surface area (Å²) in [5, 5.41) is 2.52. The fourth-order valence-electron chi connectivity index (χ4n) is 1.08. The Morgan fingerprint density at radius 2 is 2.07 bits per heavy atom. The van der Waals surface area contributed by atoms with E-state index in [2.05, 4.69) is 11.9 Å². The minimum atomic E-state index is -1.04. The molecule has 1 rings (SSSR count). The fraction of sp³-hybridized carbons (Fsp3) is 0.182. The molecule has 1 aromatic rings. The quantitative estimate of drug-likeness (QED) is 0.612. The second kappa shape index (κ2) is 5.46. The molecular formula is C11H13NO2S. The van der Waals surface area contributed by atoms with Gasteiger partial charge in [0.2, 0.25) is 6.41 Å².